The van der Waals surface area contributed by atoms with Crippen molar-refractivity contribution in [2.24, 2.45) is 15.0 Å². The predicted molar refractivity (Wildman–Crippen MR) is 173 cm³/mol. The molecule has 5 nitrogen and oxygen atoms in total. The summed E-state index contributed by atoms with van der Waals surface area (Å²) in [7, 11) is 0. The van der Waals surface area contributed by atoms with Crippen molar-refractivity contribution in [2.75, 3.05) is 0 Å². The van der Waals surface area contributed by atoms with Gasteiger partial charge in [0.15, 0.2) is 11.6 Å². The molecule has 0 aromatic heterocycles. The van der Waals surface area contributed by atoms with E-state index in [1.165, 1.54) is 0 Å². The monoisotopic (exact) mass is 583 g/mol. The van der Waals surface area contributed by atoms with Gasteiger partial charge < -0.3 is 0 Å². The van der Waals surface area contributed by atoms with Crippen LogP contribution in [-0.4, -0.2) is 27.1 Å². The number of benzene rings is 4. The minimum atomic E-state index is -0.295. The van der Waals surface area contributed by atoms with Crippen LogP contribution >= 0.6 is 36.7 Å². The van der Waals surface area contributed by atoms with Gasteiger partial charge in [0.25, 0.3) is 0 Å². The molecule has 0 fully saturated rings. The van der Waals surface area contributed by atoms with E-state index in [1.54, 1.807) is 72.8 Å². The zero-order valence-corrected chi connectivity index (χ0v) is 23.6. The molecule has 4 aromatic carbocycles. The summed E-state index contributed by atoms with van der Waals surface area (Å²) in [6.45, 7) is 0. The Morgan fingerprint density at radius 2 is 0.659 bits per heavy atom. The van der Waals surface area contributed by atoms with Crippen LogP contribution in [0.4, 0.5) is 17.1 Å². The molecule has 41 heavy (non-hydrogen) atoms. The molecule has 5 rings (SSSR count). The first-order valence-electron chi connectivity index (χ1n) is 12.2. The highest BCUT2D eigenvalue weighted by Crippen LogP contribution is 2.44. The quantitative estimate of drug-likeness (QED) is 0.124. The Labute approximate surface area is 252 Å². The van der Waals surface area contributed by atoms with Crippen LogP contribution in [0.1, 0.15) is 22.3 Å². The van der Waals surface area contributed by atoms with E-state index in [4.69, 9.17) is 36.7 Å². The van der Waals surface area contributed by atoms with Crippen molar-refractivity contribution in [2.45, 2.75) is 0 Å². The van der Waals surface area contributed by atoms with E-state index in [9.17, 15) is 9.59 Å². The molecule has 0 bridgehead atoms. The molecular formula is C33H17N3O2S3. The topological polar surface area (TPSA) is 71.2 Å². The molecule has 0 saturated heterocycles. The second-order valence-electron chi connectivity index (χ2n) is 8.77. The van der Waals surface area contributed by atoms with Crippen LogP contribution in [0.3, 0.4) is 0 Å². The third-order valence-electron chi connectivity index (χ3n) is 6.46. The number of aliphatic imine (C=N–C) groups is 3. The molecule has 0 spiro atoms. The van der Waals surface area contributed by atoms with E-state index in [0.29, 0.717) is 50.5 Å². The number of rotatable bonds is 7. The zero-order chi connectivity index (χ0) is 28.8. The van der Waals surface area contributed by atoms with Gasteiger partial charge in [0.1, 0.15) is 0 Å². The van der Waals surface area contributed by atoms with Crippen LogP contribution in [-0.2, 0) is 9.59 Å². The molecule has 0 N–H and O–H groups in total. The molecule has 0 amide bonds. The molecule has 194 valence electrons. The lowest BCUT2D eigenvalue weighted by Crippen LogP contribution is -2.21. The summed E-state index contributed by atoms with van der Waals surface area (Å²) in [5, 5.41) is 7.03. The van der Waals surface area contributed by atoms with Gasteiger partial charge in [-0.15, -0.1) is 0 Å². The maximum absolute atomic E-state index is 14.6. The highest BCUT2D eigenvalue weighted by molar-refractivity contribution is 7.78. The SMILES string of the molecule is O=C1C(c2ccccc2)=C(c2ccc(N=C=S)cc2)C(=O)C(c2ccc(N=C=S)cc2)=C1c1ccc(N=C=S)cc1. The number of carbonyl (C=O) groups is 2. The first kappa shape index (κ1) is 27.7. The van der Waals surface area contributed by atoms with Crippen LogP contribution in [0.2, 0.25) is 0 Å². The highest BCUT2D eigenvalue weighted by atomic mass is 32.1. The zero-order valence-electron chi connectivity index (χ0n) is 21.2. The fourth-order valence-corrected chi connectivity index (χ4v) is 4.99. The number of hydrogen-bond donors (Lipinski definition) is 0. The molecule has 1 aliphatic rings. The molecule has 1 aliphatic carbocycles. The molecule has 8 heteroatoms. The minimum Gasteiger partial charge on any atom is -0.289 e. The fourth-order valence-electron chi connectivity index (χ4n) is 4.68. The molecule has 0 aliphatic heterocycles. The Kier molecular flexibility index (Phi) is 8.44. The average molecular weight is 584 g/mol. The smallest absolute Gasteiger partial charge is 0.195 e. The van der Waals surface area contributed by atoms with Crippen molar-refractivity contribution in [3.63, 3.8) is 0 Å². The van der Waals surface area contributed by atoms with Gasteiger partial charge in [-0.2, -0.15) is 15.0 Å². The van der Waals surface area contributed by atoms with Crippen LogP contribution in [0.25, 0.3) is 22.3 Å². The molecule has 0 radical (unpaired) electrons. The lowest BCUT2D eigenvalue weighted by atomic mass is 9.75. The van der Waals surface area contributed by atoms with Crippen LogP contribution < -0.4 is 0 Å². The summed E-state index contributed by atoms with van der Waals surface area (Å²) in [4.78, 5) is 41.2. The summed E-state index contributed by atoms with van der Waals surface area (Å²) < 4.78 is 0. The summed E-state index contributed by atoms with van der Waals surface area (Å²) >= 11 is 14.2. The number of ketones is 2. The third kappa shape index (κ3) is 5.71. The number of nitrogens with zero attached hydrogens (tertiary/aromatic N) is 3. The Morgan fingerprint density at radius 1 is 0.390 bits per heavy atom. The summed E-state index contributed by atoms with van der Waals surface area (Å²) in [5.74, 6) is -0.578. The molecular weight excluding hydrogens is 567 g/mol. The van der Waals surface area contributed by atoms with Crippen molar-refractivity contribution < 1.29 is 9.59 Å². The minimum absolute atomic E-state index is 0.273. The number of hydrogen-bond acceptors (Lipinski definition) is 8. The van der Waals surface area contributed by atoms with Gasteiger partial charge in [0.05, 0.1) is 32.5 Å². The average Bonchev–Trinajstić information content (AvgIpc) is 3.00. The van der Waals surface area contributed by atoms with Crippen molar-refractivity contribution in [1.29, 1.82) is 0 Å². The van der Waals surface area contributed by atoms with Gasteiger partial charge in [-0.05, 0) is 95.3 Å². The van der Waals surface area contributed by atoms with Gasteiger partial charge in [-0.3, -0.25) is 9.59 Å². The first-order valence-corrected chi connectivity index (χ1v) is 13.5. The normalized spacial score (nSPS) is 12.8. The van der Waals surface area contributed by atoms with E-state index in [2.05, 4.69) is 30.5 Å². The molecule has 0 saturated carbocycles. The molecule has 4 aromatic rings. The van der Waals surface area contributed by atoms with Gasteiger partial charge in [0.2, 0.25) is 0 Å². The van der Waals surface area contributed by atoms with E-state index in [1.807, 2.05) is 30.3 Å². The Hall–Kier alpha value is -4.90. The molecule has 0 unspecified atom stereocenters. The Balaban J connectivity index is 1.80. The van der Waals surface area contributed by atoms with Crippen molar-refractivity contribution in [3.05, 3.63) is 125 Å². The Bertz CT molecular complexity index is 1890. The van der Waals surface area contributed by atoms with Gasteiger partial charge in [0, 0.05) is 22.3 Å². The van der Waals surface area contributed by atoms with E-state index in [0.717, 1.165) is 0 Å². The van der Waals surface area contributed by atoms with E-state index >= 15 is 0 Å². The van der Waals surface area contributed by atoms with Crippen molar-refractivity contribution in [3.8, 4) is 0 Å². The maximum Gasteiger partial charge on any atom is 0.195 e. The number of isothiocyanates is 3. The van der Waals surface area contributed by atoms with Gasteiger partial charge >= 0.3 is 0 Å². The summed E-state index contributed by atoms with van der Waals surface area (Å²) in [6, 6.07) is 30.1. The number of Topliss-reactive ketones (excluding diaryl/α,β-unsaturated/α-hetero) is 2. The van der Waals surface area contributed by atoms with Crippen LogP contribution in [0, 0.1) is 0 Å². The second-order valence-corrected chi connectivity index (χ2v) is 9.32. The van der Waals surface area contributed by atoms with Crippen LogP contribution in [0.5, 0.6) is 0 Å². The van der Waals surface area contributed by atoms with E-state index < -0.39 is 0 Å². The van der Waals surface area contributed by atoms with Gasteiger partial charge in [-0.1, -0.05) is 66.7 Å². The van der Waals surface area contributed by atoms with Crippen LogP contribution in [0.15, 0.2) is 118 Å². The number of thiocarbonyl (C=S) groups is 3. The standard InChI is InChI=1S/C33H17N3O2S3/c37-32-28(21-4-2-1-3-5-21)29(22-6-12-25(13-7-22)34-18-39)33(38)31(24-10-16-27(17-11-24)36-20-41)30(32)23-8-14-26(15-9-23)35-19-40/h1-17H. The lowest BCUT2D eigenvalue weighted by Gasteiger charge is -2.25. The summed E-state index contributed by atoms with van der Waals surface area (Å²) in [6.07, 6.45) is 0. The molecule has 0 heterocycles. The van der Waals surface area contributed by atoms with Crippen molar-refractivity contribution in [1.82, 2.24) is 0 Å². The maximum atomic E-state index is 14.6. The van der Waals surface area contributed by atoms with E-state index in [-0.39, 0.29) is 22.7 Å². The van der Waals surface area contributed by atoms with Gasteiger partial charge in [-0.25, -0.2) is 0 Å². The lowest BCUT2D eigenvalue weighted by molar-refractivity contribution is -0.111. The second kappa shape index (κ2) is 12.5. The predicted octanol–water partition coefficient (Wildman–Crippen LogP) is 8.56. The Morgan fingerprint density at radius 3 is 0.927 bits per heavy atom. The fraction of sp³-hybridized carbons (Fsp3) is 0. The largest absolute Gasteiger partial charge is 0.289 e. The highest BCUT2D eigenvalue weighted by Gasteiger charge is 2.37. The molecule has 0 atom stereocenters. The van der Waals surface area contributed by atoms with Crippen molar-refractivity contribution >= 4 is 103 Å². The third-order valence-corrected chi connectivity index (χ3v) is 6.74. The number of allylic oxidation sites excluding steroid dienone is 4. The number of carbonyl (C=O) groups excluding carboxylic acids is 2. The first-order chi connectivity index (χ1) is 20.0. The summed E-state index contributed by atoms with van der Waals surface area (Å²) in [5.41, 5.74) is 5.25.